The maximum atomic E-state index is 11.6. The molecular formula is C16H18N2O3. The summed E-state index contributed by atoms with van der Waals surface area (Å²) < 4.78 is 7.78. The van der Waals surface area contributed by atoms with Gasteiger partial charge in [0.1, 0.15) is 5.82 Å². The fraction of sp³-hybridized carbons (Fsp3) is 0.500. The maximum absolute atomic E-state index is 11.6. The number of carboxylic acids is 1. The van der Waals surface area contributed by atoms with Gasteiger partial charge in [0.2, 0.25) is 0 Å². The molecule has 1 saturated carbocycles. The fourth-order valence-corrected chi connectivity index (χ4v) is 3.27. The van der Waals surface area contributed by atoms with Crippen molar-refractivity contribution in [1.82, 2.24) is 9.55 Å². The van der Waals surface area contributed by atoms with Gasteiger partial charge in [-0.05, 0) is 37.8 Å². The van der Waals surface area contributed by atoms with Crippen molar-refractivity contribution in [3.63, 3.8) is 0 Å². The Labute approximate surface area is 122 Å². The lowest BCUT2D eigenvalue weighted by Gasteiger charge is -2.26. The molecule has 2 fully saturated rings. The van der Waals surface area contributed by atoms with Crippen molar-refractivity contribution in [2.24, 2.45) is 0 Å². The summed E-state index contributed by atoms with van der Waals surface area (Å²) in [4.78, 5) is 16.3. The van der Waals surface area contributed by atoms with E-state index in [1.54, 1.807) is 12.1 Å². The Kier molecular flexibility index (Phi) is 2.96. The number of hydrogen-bond acceptors (Lipinski definition) is 3. The highest BCUT2D eigenvalue weighted by molar-refractivity contribution is 6.01. The Morgan fingerprint density at radius 1 is 1.33 bits per heavy atom. The summed E-state index contributed by atoms with van der Waals surface area (Å²) in [6, 6.07) is 5.56. The molecule has 0 bridgehead atoms. The quantitative estimate of drug-likeness (QED) is 0.942. The number of rotatable bonds is 3. The molecule has 1 N–H and O–H groups in total. The van der Waals surface area contributed by atoms with Crippen LogP contribution in [0.15, 0.2) is 18.2 Å². The standard InChI is InChI=1S/C16H18N2O3/c19-16(20)12-4-1-5-13-14(12)18(11-3-2-8-21-9-11)15(17-13)10-6-7-10/h1,4-5,10-11H,2-3,6-9H2,(H,19,20). The molecule has 5 nitrogen and oxygen atoms in total. The summed E-state index contributed by atoms with van der Waals surface area (Å²) in [5, 5.41) is 9.50. The molecule has 0 spiro atoms. The van der Waals surface area contributed by atoms with E-state index in [-0.39, 0.29) is 6.04 Å². The number of ether oxygens (including phenoxy) is 1. The summed E-state index contributed by atoms with van der Waals surface area (Å²) in [5.41, 5.74) is 1.90. The molecule has 4 rings (SSSR count). The molecule has 2 aromatic rings. The molecule has 110 valence electrons. The monoisotopic (exact) mass is 286 g/mol. The average Bonchev–Trinajstić information content (AvgIpc) is 3.27. The smallest absolute Gasteiger partial charge is 0.337 e. The second kappa shape index (κ2) is 4.84. The third kappa shape index (κ3) is 2.12. The van der Waals surface area contributed by atoms with Crippen LogP contribution in [0.1, 0.15) is 53.8 Å². The van der Waals surface area contributed by atoms with Crippen LogP contribution < -0.4 is 0 Å². The molecule has 21 heavy (non-hydrogen) atoms. The Hall–Kier alpha value is -1.88. The highest BCUT2D eigenvalue weighted by Gasteiger charge is 2.33. The van der Waals surface area contributed by atoms with Crippen LogP contribution in [0.5, 0.6) is 0 Å². The third-order valence-electron chi connectivity index (χ3n) is 4.41. The molecule has 1 aromatic heterocycles. The van der Waals surface area contributed by atoms with E-state index in [9.17, 15) is 9.90 Å². The summed E-state index contributed by atoms with van der Waals surface area (Å²) >= 11 is 0. The van der Waals surface area contributed by atoms with Crippen LogP contribution >= 0.6 is 0 Å². The molecule has 1 saturated heterocycles. The van der Waals surface area contributed by atoms with E-state index in [2.05, 4.69) is 4.57 Å². The van der Waals surface area contributed by atoms with Gasteiger partial charge in [0.15, 0.2) is 0 Å². The summed E-state index contributed by atoms with van der Waals surface area (Å²) in [5.74, 6) is 0.649. The van der Waals surface area contributed by atoms with Gasteiger partial charge in [-0.25, -0.2) is 9.78 Å². The lowest BCUT2D eigenvalue weighted by Crippen LogP contribution is -2.23. The molecule has 1 unspecified atom stereocenters. The Balaban J connectivity index is 1.95. The first-order valence-corrected chi connectivity index (χ1v) is 7.57. The van der Waals surface area contributed by atoms with Crippen LogP contribution in [0.25, 0.3) is 11.0 Å². The van der Waals surface area contributed by atoms with Crippen LogP contribution in [-0.2, 0) is 4.74 Å². The molecule has 2 heterocycles. The Morgan fingerprint density at radius 3 is 2.86 bits per heavy atom. The average molecular weight is 286 g/mol. The number of aromatic carboxylic acids is 1. The lowest BCUT2D eigenvalue weighted by atomic mass is 10.1. The van der Waals surface area contributed by atoms with E-state index < -0.39 is 5.97 Å². The molecule has 1 aliphatic heterocycles. The van der Waals surface area contributed by atoms with Gasteiger partial charge in [0.05, 0.1) is 29.2 Å². The molecule has 1 atom stereocenters. The van der Waals surface area contributed by atoms with E-state index in [1.807, 2.05) is 6.07 Å². The van der Waals surface area contributed by atoms with Crippen molar-refractivity contribution < 1.29 is 14.6 Å². The van der Waals surface area contributed by atoms with Crippen molar-refractivity contribution >= 4 is 17.0 Å². The Bertz CT molecular complexity index is 697. The zero-order valence-corrected chi connectivity index (χ0v) is 11.8. The van der Waals surface area contributed by atoms with Crippen molar-refractivity contribution in [1.29, 1.82) is 0 Å². The number of hydrogen-bond donors (Lipinski definition) is 1. The first kappa shape index (κ1) is 12.8. The SMILES string of the molecule is O=C(O)c1cccc2nc(C3CC3)n(C3CCCOC3)c12. The first-order chi connectivity index (χ1) is 10.3. The van der Waals surface area contributed by atoms with Crippen molar-refractivity contribution in [2.45, 2.75) is 37.6 Å². The van der Waals surface area contributed by atoms with Gasteiger partial charge in [-0.1, -0.05) is 6.07 Å². The zero-order valence-electron chi connectivity index (χ0n) is 11.8. The van der Waals surface area contributed by atoms with Gasteiger partial charge in [-0.2, -0.15) is 0 Å². The van der Waals surface area contributed by atoms with Crippen molar-refractivity contribution in [3.8, 4) is 0 Å². The van der Waals surface area contributed by atoms with Crippen molar-refractivity contribution in [3.05, 3.63) is 29.6 Å². The molecule has 5 heteroatoms. The first-order valence-electron chi connectivity index (χ1n) is 7.57. The third-order valence-corrected chi connectivity index (χ3v) is 4.41. The number of aromatic nitrogens is 2. The lowest BCUT2D eigenvalue weighted by molar-refractivity contribution is 0.0591. The second-order valence-electron chi connectivity index (χ2n) is 5.96. The minimum absolute atomic E-state index is 0.208. The van der Waals surface area contributed by atoms with E-state index in [4.69, 9.17) is 9.72 Å². The van der Waals surface area contributed by atoms with Crippen LogP contribution in [0.3, 0.4) is 0 Å². The zero-order chi connectivity index (χ0) is 14.4. The number of para-hydroxylation sites is 1. The van der Waals surface area contributed by atoms with Gasteiger partial charge in [0, 0.05) is 12.5 Å². The minimum atomic E-state index is -0.888. The topological polar surface area (TPSA) is 64.3 Å². The number of carbonyl (C=O) groups is 1. The molecular weight excluding hydrogens is 268 g/mol. The molecule has 2 aliphatic rings. The molecule has 0 radical (unpaired) electrons. The van der Waals surface area contributed by atoms with Gasteiger partial charge in [-0.3, -0.25) is 0 Å². The van der Waals surface area contributed by atoms with Gasteiger partial charge in [0.25, 0.3) is 0 Å². The fourth-order valence-electron chi connectivity index (χ4n) is 3.27. The predicted molar refractivity (Wildman–Crippen MR) is 77.8 cm³/mol. The maximum Gasteiger partial charge on any atom is 0.337 e. The Morgan fingerprint density at radius 2 is 2.19 bits per heavy atom. The number of fused-ring (bicyclic) bond motifs is 1. The summed E-state index contributed by atoms with van der Waals surface area (Å²) in [6.45, 7) is 1.45. The minimum Gasteiger partial charge on any atom is -0.478 e. The van der Waals surface area contributed by atoms with Crippen molar-refractivity contribution in [2.75, 3.05) is 13.2 Å². The van der Waals surface area contributed by atoms with Crippen LogP contribution in [0.2, 0.25) is 0 Å². The van der Waals surface area contributed by atoms with Gasteiger partial charge >= 0.3 is 5.97 Å². The number of nitrogens with zero attached hydrogens (tertiary/aromatic N) is 2. The summed E-state index contributed by atoms with van der Waals surface area (Å²) in [6.07, 6.45) is 4.35. The number of benzene rings is 1. The largest absolute Gasteiger partial charge is 0.478 e. The number of imidazole rings is 1. The van der Waals surface area contributed by atoms with Gasteiger partial charge < -0.3 is 14.4 Å². The van der Waals surface area contributed by atoms with Crippen LogP contribution in [0.4, 0.5) is 0 Å². The van der Waals surface area contributed by atoms with E-state index in [0.717, 1.165) is 49.1 Å². The molecule has 1 aliphatic carbocycles. The van der Waals surface area contributed by atoms with Gasteiger partial charge in [-0.15, -0.1) is 0 Å². The van der Waals surface area contributed by atoms with E-state index in [0.29, 0.717) is 18.1 Å². The highest BCUT2D eigenvalue weighted by atomic mass is 16.5. The molecule has 1 aromatic carbocycles. The highest BCUT2D eigenvalue weighted by Crippen LogP contribution is 2.43. The van der Waals surface area contributed by atoms with Crippen LogP contribution in [-0.4, -0.2) is 33.8 Å². The second-order valence-corrected chi connectivity index (χ2v) is 5.96. The van der Waals surface area contributed by atoms with E-state index in [1.165, 1.54) is 0 Å². The van der Waals surface area contributed by atoms with Crippen LogP contribution in [0, 0.1) is 0 Å². The number of carboxylic acid groups (broad SMARTS) is 1. The predicted octanol–water partition coefficient (Wildman–Crippen LogP) is 2.96. The summed E-state index contributed by atoms with van der Waals surface area (Å²) in [7, 11) is 0. The van der Waals surface area contributed by atoms with E-state index >= 15 is 0 Å². The normalized spacial score (nSPS) is 22.6. The molecule has 0 amide bonds.